The Morgan fingerprint density at radius 3 is 2.57 bits per heavy atom. The van der Waals surface area contributed by atoms with Crippen molar-refractivity contribution in [1.29, 1.82) is 0 Å². The molecule has 2 rings (SSSR count). The van der Waals surface area contributed by atoms with Crippen LogP contribution in [0.1, 0.15) is 18.5 Å². The number of carbonyl (C=O) groups excluding carboxylic acids is 1. The Kier molecular flexibility index (Phi) is 5.11. The van der Waals surface area contributed by atoms with Crippen LogP contribution in [-0.4, -0.2) is 47.3 Å². The van der Waals surface area contributed by atoms with Gasteiger partial charge in [0.05, 0.1) is 0 Å². The van der Waals surface area contributed by atoms with Gasteiger partial charge in [0.25, 0.3) is 0 Å². The van der Waals surface area contributed by atoms with Gasteiger partial charge in [-0.05, 0) is 32.6 Å². The first-order valence-corrected chi connectivity index (χ1v) is 7.08. The molecule has 1 aromatic carbocycles. The van der Waals surface area contributed by atoms with Crippen molar-refractivity contribution in [2.75, 3.05) is 20.6 Å². The van der Waals surface area contributed by atoms with Crippen LogP contribution in [0.5, 0.6) is 0 Å². The number of rotatable bonds is 6. The minimum absolute atomic E-state index is 0.0430. The summed E-state index contributed by atoms with van der Waals surface area (Å²) in [6.07, 6.45) is 3.50. The summed E-state index contributed by atoms with van der Waals surface area (Å²) in [4.78, 5) is 14.7. The standard InChI is InChI=1S/C16H22N4O/c1-13(19(2)3)12-17-16(21)15(20-11-7-10-18-20)14-8-5-4-6-9-14/h4-11,13,15H,12H2,1-3H3,(H,17,21). The van der Waals surface area contributed by atoms with Crippen LogP contribution in [0.3, 0.4) is 0 Å². The van der Waals surface area contributed by atoms with Crippen molar-refractivity contribution in [1.82, 2.24) is 20.0 Å². The van der Waals surface area contributed by atoms with Gasteiger partial charge in [-0.1, -0.05) is 30.3 Å². The minimum atomic E-state index is -0.435. The smallest absolute Gasteiger partial charge is 0.249 e. The van der Waals surface area contributed by atoms with E-state index in [0.29, 0.717) is 6.54 Å². The van der Waals surface area contributed by atoms with Crippen molar-refractivity contribution in [3.05, 3.63) is 54.4 Å². The summed E-state index contributed by atoms with van der Waals surface area (Å²) in [5.41, 5.74) is 0.927. The largest absolute Gasteiger partial charge is 0.352 e. The average Bonchev–Trinajstić information content (AvgIpc) is 3.00. The number of benzene rings is 1. The zero-order valence-corrected chi connectivity index (χ0v) is 12.7. The van der Waals surface area contributed by atoms with Crippen LogP contribution in [0.4, 0.5) is 0 Å². The first kappa shape index (κ1) is 15.3. The van der Waals surface area contributed by atoms with E-state index in [1.54, 1.807) is 10.9 Å². The third kappa shape index (κ3) is 3.92. The lowest BCUT2D eigenvalue weighted by Crippen LogP contribution is -2.41. The van der Waals surface area contributed by atoms with Crippen LogP contribution < -0.4 is 5.32 Å². The van der Waals surface area contributed by atoms with Gasteiger partial charge in [0.1, 0.15) is 0 Å². The SMILES string of the molecule is CC(CNC(=O)C(c1ccccc1)n1cccn1)N(C)C. The predicted molar refractivity (Wildman–Crippen MR) is 83.0 cm³/mol. The molecule has 112 valence electrons. The molecule has 0 aliphatic carbocycles. The molecule has 0 saturated heterocycles. The molecule has 2 atom stereocenters. The van der Waals surface area contributed by atoms with Crippen molar-refractivity contribution in [2.24, 2.45) is 0 Å². The molecular weight excluding hydrogens is 264 g/mol. The van der Waals surface area contributed by atoms with Gasteiger partial charge >= 0.3 is 0 Å². The zero-order chi connectivity index (χ0) is 15.2. The second-order valence-electron chi connectivity index (χ2n) is 5.36. The molecule has 5 heteroatoms. The van der Waals surface area contributed by atoms with E-state index in [1.165, 1.54) is 0 Å². The molecule has 0 aliphatic heterocycles. The fourth-order valence-electron chi connectivity index (χ4n) is 2.02. The third-order valence-electron chi connectivity index (χ3n) is 3.61. The molecule has 2 aromatic rings. The lowest BCUT2D eigenvalue weighted by Gasteiger charge is -2.23. The van der Waals surface area contributed by atoms with Crippen LogP contribution in [0.2, 0.25) is 0 Å². The van der Waals surface area contributed by atoms with Crippen molar-refractivity contribution < 1.29 is 4.79 Å². The van der Waals surface area contributed by atoms with Gasteiger partial charge in [-0.15, -0.1) is 0 Å². The molecule has 0 radical (unpaired) electrons. The molecule has 0 bridgehead atoms. The number of amides is 1. The molecule has 2 unspecified atom stereocenters. The van der Waals surface area contributed by atoms with E-state index in [1.807, 2.05) is 56.7 Å². The summed E-state index contributed by atoms with van der Waals surface area (Å²) >= 11 is 0. The van der Waals surface area contributed by atoms with Gasteiger partial charge in [-0.2, -0.15) is 5.10 Å². The van der Waals surface area contributed by atoms with Crippen LogP contribution in [0.15, 0.2) is 48.8 Å². The highest BCUT2D eigenvalue weighted by atomic mass is 16.2. The Bertz CT molecular complexity index is 551. The highest BCUT2D eigenvalue weighted by Gasteiger charge is 2.23. The van der Waals surface area contributed by atoms with Crippen molar-refractivity contribution in [3.8, 4) is 0 Å². The number of nitrogens with one attached hydrogen (secondary N) is 1. The highest BCUT2D eigenvalue weighted by Crippen LogP contribution is 2.17. The Balaban J connectivity index is 2.15. The molecule has 0 spiro atoms. The van der Waals surface area contributed by atoms with Crippen molar-refractivity contribution >= 4 is 5.91 Å². The van der Waals surface area contributed by atoms with Crippen LogP contribution in [-0.2, 0) is 4.79 Å². The minimum Gasteiger partial charge on any atom is -0.352 e. The Labute approximate surface area is 125 Å². The van der Waals surface area contributed by atoms with E-state index in [-0.39, 0.29) is 11.9 Å². The summed E-state index contributed by atoms with van der Waals surface area (Å²) in [5, 5.41) is 7.23. The van der Waals surface area contributed by atoms with Gasteiger partial charge in [0.15, 0.2) is 6.04 Å². The van der Waals surface area contributed by atoms with Crippen molar-refractivity contribution in [3.63, 3.8) is 0 Å². The van der Waals surface area contributed by atoms with E-state index in [9.17, 15) is 4.79 Å². The van der Waals surface area contributed by atoms with E-state index >= 15 is 0 Å². The predicted octanol–water partition coefficient (Wildman–Crippen LogP) is 1.54. The van der Waals surface area contributed by atoms with Crippen molar-refractivity contribution in [2.45, 2.75) is 19.0 Å². The summed E-state index contributed by atoms with van der Waals surface area (Å²) < 4.78 is 1.69. The first-order valence-electron chi connectivity index (χ1n) is 7.08. The van der Waals surface area contributed by atoms with E-state index in [2.05, 4.69) is 22.2 Å². The lowest BCUT2D eigenvalue weighted by molar-refractivity contribution is -0.123. The topological polar surface area (TPSA) is 50.2 Å². The third-order valence-corrected chi connectivity index (χ3v) is 3.61. The number of likely N-dealkylation sites (N-methyl/N-ethyl adjacent to an activating group) is 1. The normalized spacial score (nSPS) is 13.9. The molecule has 1 N–H and O–H groups in total. The van der Waals surface area contributed by atoms with Gasteiger partial charge in [0, 0.05) is 25.0 Å². The molecule has 0 saturated carbocycles. The molecule has 5 nitrogen and oxygen atoms in total. The quantitative estimate of drug-likeness (QED) is 0.876. The van der Waals surface area contributed by atoms with E-state index < -0.39 is 6.04 Å². The Morgan fingerprint density at radius 2 is 2.00 bits per heavy atom. The summed E-state index contributed by atoms with van der Waals surface area (Å²) in [7, 11) is 4.00. The first-order chi connectivity index (χ1) is 10.1. The second-order valence-corrected chi connectivity index (χ2v) is 5.36. The maximum atomic E-state index is 12.6. The molecule has 1 amide bonds. The Morgan fingerprint density at radius 1 is 1.29 bits per heavy atom. The molecule has 1 aromatic heterocycles. The highest BCUT2D eigenvalue weighted by molar-refractivity contribution is 5.83. The molecule has 0 fully saturated rings. The number of hydrogen-bond acceptors (Lipinski definition) is 3. The zero-order valence-electron chi connectivity index (χ0n) is 12.7. The van der Waals surface area contributed by atoms with Crippen LogP contribution in [0, 0.1) is 0 Å². The lowest BCUT2D eigenvalue weighted by atomic mass is 10.1. The molecule has 21 heavy (non-hydrogen) atoms. The van der Waals surface area contributed by atoms with E-state index in [0.717, 1.165) is 5.56 Å². The summed E-state index contributed by atoms with van der Waals surface area (Å²) in [5.74, 6) is -0.0430. The number of hydrogen-bond donors (Lipinski definition) is 1. The van der Waals surface area contributed by atoms with Gasteiger partial charge < -0.3 is 10.2 Å². The van der Waals surface area contributed by atoms with Gasteiger partial charge in [-0.3, -0.25) is 9.48 Å². The number of nitrogens with zero attached hydrogens (tertiary/aromatic N) is 3. The van der Waals surface area contributed by atoms with Gasteiger partial charge in [-0.25, -0.2) is 0 Å². The van der Waals surface area contributed by atoms with Crippen LogP contribution in [0.25, 0.3) is 0 Å². The fourth-order valence-corrected chi connectivity index (χ4v) is 2.02. The molecule has 1 heterocycles. The van der Waals surface area contributed by atoms with Gasteiger partial charge in [0.2, 0.25) is 5.91 Å². The summed E-state index contributed by atoms with van der Waals surface area (Å²) in [6.45, 7) is 2.68. The maximum absolute atomic E-state index is 12.6. The fraction of sp³-hybridized carbons (Fsp3) is 0.375. The number of carbonyl (C=O) groups is 1. The number of aromatic nitrogens is 2. The van der Waals surface area contributed by atoms with E-state index in [4.69, 9.17) is 0 Å². The molecule has 0 aliphatic rings. The maximum Gasteiger partial charge on any atom is 0.249 e. The van der Waals surface area contributed by atoms with Crippen LogP contribution >= 0.6 is 0 Å². The monoisotopic (exact) mass is 286 g/mol. The summed E-state index contributed by atoms with van der Waals surface area (Å²) in [6, 6.07) is 11.4. The Hall–Kier alpha value is -2.14. The average molecular weight is 286 g/mol. The molecular formula is C16H22N4O. The second kappa shape index (κ2) is 7.04.